The van der Waals surface area contributed by atoms with Gasteiger partial charge in [-0.25, -0.2) is 0 Å². The van der Waals surface area contributed by atoms with Gasteiger partial charge in [0.05, 0.1) is 5.60 Å². The van der Waals surface area contributed by atoms with Gasteiger partial charge in [0.1, 0.15) is 0 Å². The summed E-state index contributed by atoms with van der Waals surface area (Å²) in [4.78, 5) is 2.76. The van der Waals surface area contributed by atoms with Crippen LogP contribution >= 0.6 is 0 Å². The highest BCUT2D eigenvalue weighted by Gasteiger charge is 2.51. The number of ether oxygens (including phenoxy) is 1. The van der Waals surface area contributed by atoms with Crippen LogP contribution in [0.25, 0.3) is 0 Å². The number of rotatable bonds is 2. The standard InChI is InChI=1S/C14H26N2O/c1-13(2)9-14(10-15,5-6-17-13)16-8-11-3-4-12(16)7-11/h11-12H,3-10,15H2,1-2H3. The number of hydrogen-bond donors (Lipinski definition) is 1. The second kappa shape index (κ2) is 3.94. The molecule has 2 saturated heterocycles. The summed E-state index contributed by atoms with van der Waals surface area (Å²) >= 11 is 0. The maximum atomic E-state index is 6.17. The van der Waals surface area contributed by atoms with Crippen LogP contribution in [-0.2, 0) is 4.74 Å². The molecule has 98 valence electrons. The first-order chi connectivity index (χ1) is 8.05. The first kappa shape index (κ1) is 11.9. The van der Waals surface area contributed by atoms with E-state index in [-0.39, 0.29) is 11.1 Å². The number of nitrogens with zero attached hydrogens (tertiary/aromatic N) is 1. The Hall–Kier alpha value is -0.120. The molecule has 0 spiro atoms. The normalized spacial score (nSPS) is 45.4. The summed E-state index contributed by atoms with van der Waals surface area (Å²) < 4.78 is 5.88. The third-order valence-corrected chi connectivity index (χ3v) is 5.21. The van der Waals surface area contributed by atoms with E-state index in [1.807, 2.05) is 0 Å². The molecule has 2 bridgehead atoms. The minimum absolute atomic E-state index is 0.000542. The van der Waals surface area contributed by atoms with E-state index >= 15 is 0 Å². The van der Waals surface area contributed by atoms with Crippen molar-refractivity contribution in [3.63, 3.8) is 0 Å². The van der Waals surface area contributed by atoms with Crippen LogP contribution in [0.15, 0.2) is 0 Å². The molecule has 0 amide bonds. The molecule has 0 aromatic carbocycles. The minimum Gasteiger partial charge on any atom is -0.375 e. The van der Waals surface area contributed by atoms with Crippen LogP contribution in [-0.4, -0.2) is 41.8 Å². The molecule has 2 N–H and O–H groups in total. The predicted octanol–water partition coefficient (Wildman–Crippen LogP) is 1.76. The van der Waals surface area contributed by atoms with Crippen LogP contribution in [0.5, 0.6) is 0 Å². The van der Waals surface area contributed by atoms with Gasteiger partial charge < -0.3 is 10.5 Å². The highest BCUT2D eigenvalue weighted by Crippen LogP contribution is 2.46. The first-order valence-electron chi connectivity index (χ1n) is 7.15. The molecule has 0 aromatic heterocycles. The lowest BCUT2D eigenvalue weighted by Gasteiger charge is -2.52. The maximum absolute atomic E-state index is 6.17. The van der Waals surface area contributed by atoms with E-state index in [0.29, 0.717) is 0 Å². The van der Waals surface area contributed by atoms with Crippen molar-refractivity contribution in [2.75, 3.05) is 19.7 Å². The molecular weight excluding hydrogens is 212 g/mol. The second-order valence-corrected chi connectivity index (χ2v) is 6.95. The fourth-order valence-electron chi connectivity index (χ4n) is 4.49. The summed E-state index contributed by atoms with van der Waals surface area (Å²) in [5, 5.41) is 0. The average Bonchev–Trinajstić information content (AvgIpc) is 2.89. The monoisotopic (exact) mass is 238 g/mol. The van der Waals surface area contributed by atoms with Gasteiger partial charge in [0, 0.05) is 31.3 Å². The molecule has 0 aromatic rings. The van der Waals surface area contributed by atoms with E-state index in [9.17, 15) is 0 Å². The molecule has 2 heterocycles. The van der Waals surface area contributed by atoms with Gasteiger partial charge >= 0.3 is 0 Å². The van der Waals surface area contributed by atoms with Gasteiger partial charge in [0.25, 0.3) is 0 Å². The van der Waals surface area contributed by atoms with Crippen LogP contribution in [0.3, 0.4) is 0 Å². The van der Waals surface area contributed by atoms with Crippen molar-refractivity contribution in [2.24, 2.45) is 11.7 Å². The maximum Gasteiger partial charge on any atom is 0.0644 e. The Labute approximate surface area is 105 Å². The van der Waals surface area contributed by atoms with Crippen LogP contribution < -0.4 is 5.73 Å². The summed E-state index contributed by atoms with van der Waals surface area (Å²) in [7, 11) is 0. The van der Waals surface area contributed by atoms with Crippen molar-refractivity contribution in [3.8, 4) is 0 Å². The average molecular weight is 238 g/mol. The number of fused-ring (bicyclic) bond motifs is 2. The third kappa shape index (κ3) is 1.92. The summed E-state index contributed by atoms with van der Waals surface area (Å²) in [5.41, 5.74) is 6.40. The molecule has 3 fully saturated rings. The Kier molecular flexibility index (Phi) is 2.77. The molecule has 3 nitrogen and oxygen atoms in total. The second-order valence-electron chi connectivity index (χ2n) is 6.95. The summed E-state index contributed by atoms with van der Waals surface area (Å²) in [6.07, 6.45) is 6.48. The smallest absolute Gasteiger partial charge is 0.0644 e. The zero-order valence-electron chi connectivity index (χ0n) is 11.2. The zero-order chi connectivity index (χ0) is 12.1. The van der Waals surface area contributed by atoms with Gasteiger partial charge in [-0.15, -0.1) is 0 Å². The lowest BCUT2D eigenvalue weighted by molar-refractivity contribution is -0.123. The van der Waals surface area contributed by atoms with Crippen molar-refractivity contribution >= 4 is 0 Å². The lowest BCUT2D eigenvalue weighted by atomic mass is 9.79. The van der Waals surface area contributed by atoms with Crippen LogP contribution in [0.1, 0.15) is 46.0 Å². The van der Waals surface area contributed by atoms with E-state index in [1.165, 1.54) is 25.8 Å². The van der Waals surface area contributed by atoms with Gasteiger partial charge in [-0.05, 0) is 51.9 Å². The molecule has 3 unspecified atom stereocenters. The Morgan fingerprint density at radius 3 is 2.71 bits per heavy atom. The van der Waals surface area contributed by atoms with E-state index in [0.717, 1.165) is 38.0 Å². The summed E-state index contributed by atoms with van der Waals surface area (Å²) in [6, 6.07) is 0.817. The lowest BCUT2D eigenvalue weighted by Crippen LogP contribution is -2.62. The van der Waals surface area contributed by atoms with Crippen LogP contribution in [0.4, 0.5) is 0 Å². The number of hydrogen-bond acceptors (Lipinski definition) is 3. The highest BCUT2D eigenvalue weighted by atomic mass is 16.5. The van der Waals surface area contributed by atoms with Crippen molar-refractivity contribution in [1.29, 1.82) is 0 Å². The number of likely N-dealkylation sites (tertiary alicyclic amines) is 1. The molecule has 3 heteroatoms. The Morgan fingerprint density at radius 1 is 1.35 bits per heavy atom. The summed E-state index contributed by atoms with van der Waals surface area (Å²) in [5.74, 6) is 0.953. The van der Waals surface area contributed by atoms with Crippen molar-refractivity contribution in [1.82, 2.24) is 4.90 Å². The SMILES string of the molecule is CC1(C)CC(CN)(N2CC3CCC2C3)CCO1. The third-order valence-electron chi connectivity index (χ3n) is 5.21. The Bertz CT molecular complexity index is 305. The fourth-order valence-corrected chi connectivity index (χ4v) is 4.49. The van der Waals surface area contributed by atoms with Gasteiger partial charge in [0.2, 0.25) is 0 Å². The van der Waals surface area contributed by atoms with Gasteiger partial charge in [-0.2, -0.15) is 0 Å². The predicted molar refractivity (Wildman–Crippen MR) is 68.9 cm³/mol. The van der Waals surface area contributed by atoms with Crippen molar-refractivity contribution < 1.29 is 4.74 Å². The molecule has 17 heavy (non-hydrogen) atoms. The molecule has 1 saturated carbocycles. The van der Waals surface area contributed by atoms with Gasteiger partial charge in [-0.3, -0.25) is 4.90 Å². The van der Waals surface area contributed by atoms with Gasteiger partial charge in [0.15, 0.2) is 0 Å². The topological polar surface area (TPSA) is 38.5 Å². The van der Waals surface area contributed by atoms with Crippen LogP contribution in [0, 0.1) is 5.92 Å². The molecule has 3 aliphatic rings. The molecule has 3 atom stereocenters. The van der Waals surface area contributed by atoms with E-state index in [4.69, 9.17) is 10.5 Å². The molecular formula is C14H26N2O. The van der Waals surface area contributed by atoms with Gasteiger partial charge in [-0.1, -0.05) is 0 Å². The molecule has 3 rings (SSSR count). The molecule has 1 aliphatic carbocycles. The van der Waals surface area contributed by atoms with E-state index < -0.39 is 0 Å². The highest BCUT2D eigenvalue weighted by molar-refractivity contribution is 5.06. The number of nitrogens with two attached hydrogens (primary N) is 1. The Morgan fingerprint density at radius 2 is 2.18 bits per heavy atom. The van der Waals surface area contributed by atoms with E-state index in [1.54, 1.807) is 0 Å². The number of piperidine rings is 1. The zero-order valence-corrected chi connectivity index (χ0v) is 11.2. The Balaban J connectivity index is 1.82. The first-order valence-corrected chi connectivity index (χ1v) is 7.15. The van der Waals surface area contributed by atoms with Crippen molar-refractivity contribution in [3.05, 3.63) is 0 Å². The molecule has 0 radical (unpaired) electrons. The molecule has 2 aliphatic heterocycles. The van der Waals surface area contributed by atoms with E-state index in [2.05, 4.69) is 18.7 Å². The fraction of sp³-hybridized carbons (Fsp3) is 1.00. The minimum atomic E-state index is -0.000542. The quantitative estimate of drug-likeness (QED) is 0.796. The summed E-state index contributed by atoms with van der Waals surface area (Å²) in [6.45, 7) is 7.38. The van der Waals surface area contributed by atoms with Crippen LogP contribution in [0.2, 0.25) is 0 Å². The van der Waals surface area contributed by atoms with Crippen molar-refractivity contribution in [2.45, 2.75) is 63.1 Å². The largest absolute Gasteiger partial charge is 0.375 e.